The number of alkyl halides is 3. The zero-order chi connectivity index (χ0) is 51.9. The number of amides is 1. The highest BCUT2D eigenvalue weighted by molar-refractivity contribution is 5.93. The number of hydrogen-bond acceptors (Lipinski definition) is 15. The lowest BCUT2D eigenvalue weighted by Crippen LogP contribution is -2.50. The molecule has 382 valence electrons. The average Bonchev–Trinajstić information content (AvgIpc) is 3.40. The summed E-state index contributed by atoms with van der Waals surface area (Å²) in [7, 11) is 6.22. The van der Waals surface area contributed by atoms with Gasteiger partial charge in [-0.05, 0) is 73.4 Å². The van der Waals surface area contributed by atoms with Crippen LogP contribution in [0.5, 0.6) is 23.0 Å². The number of carboxylic acids is 1. The molecule has 9 rings (SSSR count). The van der Waals surface area contributed by atoms with Crippen LogP contribution in [0.3, 0.4) is 0 Å². The minimum Gasteiger partial charge on any atom is -0.493 e. The monoisotopic (exact) mass is 1000 g/mol. The molecule has 5 heterocycles. The first-order valence-corrected chi connectivity index (χ1v) is 23.6. The molecular formula is C53H57F3N10O7. The van der Waals surface area contributed by atoms with E-state index < -0.39 is 28.7 Å². The summed E-state index contributed by atoms with van der Waals surface area (Å²) in [6, 6.07) is 28.8. The fourth-order valence-corrected chi connectivity index (χ4v) is 9.48. The van der Waals surface area contributed by atoms with E-state index in [1.807, 2.05) is 70.5 Å². The van der Waals surface area contributed by atoms with Gasteiger partial charge in [0, 0.05) is 61.8 Å². The van der Waals surface area contributed by atoms with Crippen molar-refractivity contribution in [3.05, 3.63) is 126 Å². The summed E-state index contributed by atoms with van der Waals surface area (Å²) in [6.45, 7) is 2.15. The number of nitrogens with two attached hydrogens (primary N) is 2. The topological polar surface area (TPSA) is 226 Å². The number of carbonyl (C=O) groups is 2. The average molecular weight is 1000 g/mol. The van der Waals surface area contributed by atoms with Crippen molar-refractivity contribution in [2.24, 2.45) is 10.8 Å². The largest absolute Gasteiger partial charge is 0.493 e. The highest BCUT2D eigenvalue weighted by Crippen LogP contribution is 2.41. The summed E-state index contributed by atoms with van der Waals surface area (Å²) in [5, 5.41) is 14.3. The van der Waals surface area contributed by atoms with Gasteiger partial charge in [-0.3, -0.25) is 14.6 Å². The minimum atomic E-state index is -4.52. The molecule has 0 radical (unpaired) electrons. The van der Waals surface area contributed by atoms with Crippen LogP contribution in [0.4, 0.5) is 36.7 Å². The van der Waals surface area contributed by atoms with Crippen molar-refractivity contribution in [1.82, 2.24) is 30.2 Å². The molecule has 2 saturated heterocycles. The van der Waals surface area contributed by atoms with Gasteiger partial charge < -0.3 is 50.6 Å². The van der Waals surface area contributed by atoms with Crippen LogP contribution in [-0.2, 0) is 35.2 Å². The van der Waals surface area contributed by atoms with Crippen LogP contribution < -0.4 is 45.5 Å². The van der Waals surface area contributed by atoms with Crippen LogP contribution in [0.15, 0.2) is 103 Å². The molecule has 0 aliphatic carbocycles. The second-order valence-electron chi connectivity index (χ2n) is 18.2. The number of aliphatic carboxylic acids is 1. The van der Waals surface area contributed by atoms with Gasteiger partial charge in [0.1, 0.15) is 17.3 Å². The van der Waals surface area contributed by atoms with Crippen molar-refractivity contribution < 1.29 is 46.8 Å². The lowest BCUT2D eigenvalue weighted by molar-refractivity contribution is -0.150. The van der Waals surface area contributed by atoms with Crippen LogP contribution in [0.25, 0.3) is 21.8 Å². The predicted molar refractivity (Wildman–Crippen MR) is 271 cm³/mol. The number of fused-ring (bicyclic) bond motifs is 2. The molecular weight excluding hydrogens is 946 g/mol. The number of aromatic nitrogens is 5. The zero-order valence-corrected chi connectivity index (χ0v) is 40.9. The second kappa shape index (κ2) is 21.7. The number of benzene rings is 4. The first-order valence-electron chi connectivity index (χ1n) is 23.6. The molecule has 0 unspecified atom stereocenters. The Balaban J connectivity index is 0.000000204. The van der Waals surface area contributed by atoms with E-state index in [2.05, 4.69) is 25.3 Å². The van der Waals surface area contributed by atoms with Crippen molar-refractivity contribution in [2.75, 3.05) is 75.9 Å². The van der Waals surface area contributed by atoms with Crippen LogP contribution in [0, 0.1) is 10.8 Å². The number of anilines is 4. The summed E-state index contributed by atoms with van der Waals surface area (Å²) in [5.74, 6) is 2.85. The first-order chi connectivity index (χ1) is 35.1. The fourth-order valence-electron chi connectivity index (χ4n) is 9.48. The van der Waals surface area contributed by atoms with Crippen LogP contribution in [0.1, 0.15) is 48.1 Å². The molecule has 17 nitrogen and oxygen atoms in total. The third-order valence-electron chi connectivity index (χ3n) is 13.7. The second-order valence-corrected chi connectivity index (χ2v) is 18.2. The summed E-state index contributed by atoms with van der Waals surface area (Å²) in [4.78, 5) is 51.8. The number of ether oxygens (including phenoxy) is 4. The van der Waals surface area contributed by atoms with Crippen molar-refractivity contribution in [2.45, 2.75) is 51.2 Å². The number of pyridine rings is 1. The zero-order valence-electron chi connectivity index (χ0n) is 40.9. The van der Waals surface area contributed by atoms with Gasteiger partial charge in [-0.15, -0.1) is 0 Å². The SMILES string of the molecule is COc1cc2nc(N3CCC(Cc4ccccc4)(C(=O)NCc4ccc(C(F)(F)F)nc4)CC3)nc(N)c2cc1OC.COc1cc2nc(N3CCC(Cc4ccccc4)(C(=O)O)CC3)nc(N)c2cc1OC. The maximum absolute atomic E-state index is 13.7. The molecule has 0 spiro atoms. The van der Waals surface area contributed by atoms with Gasteiger partial charge >= 0.3 is 12.1 Å². The third kappa shape index (κ3) is 11.3. The quantitative estimate of drug-likeness (QED) is 0.0811. The summed E-state index contributed by atoms with van der Waals surface area (Å²) in [5.41, 5.74) is 13.8. The Labute approximate surface area is 419 Å². The predicted octanol–water partition coefficient (Wildman–Crippen LogP) is 7.93. The summed E-state index contributed by atoms with van der Waals surface area (Å²) in [6.07, 6.45) is -0.339. The lowest BCUT2D eigenvalue weighted by atomic mass is 9.73. The van der Waals surface area contributed by atoms with E-state index in [-0.39, 0.29) is 12.5 Å². The maximum Gasteiger partial charge on any atom is 0.433 e. The van der Waals surface area contributed by atoms with Crippen molar-refractivity contribution in [1.29, 1.82) is 0 Å². The molecule has 2 aliphatic heterocycles. The number of rotatable bonds is 14. The molecule has 0 atom stereocenters. The highest BCUT2D eigenvalue weighted by Gasteiger charge is 2.43. The Kier molecular flexibility index (Phi) is 15.2. The number of halogens is 3. The number of methoxy groups -OCH3 is 4. The third-order valence-corrected chi connectivity index (χ3v) is 13.7. The minimum absolute atomic E-state index is 0.0693. The Morgan fingerprint density at radius 2 is 1.04 bits per heavy atom. The lowest BCUT2D eigenvalue weighted by Gasteiger charge is -2.41. The number of carboxylic acid groups (broad SMARTS) is 1. The number of carbonyl (C=O) groups excluding carboxylic acids is 1. The van der Waals surface area contributed by atoms with E-state index in [4.69, 9.17) is 35.4 Å². The van der Waals surface area contributed by atoms with Crippen molar-refractivity contribution in [3.8, 4) is 23.0 Å². The van der Waals surface area contributed by atoms with E-state index in [1.165, 1.54) is 6.07 Å². The number of piperidine rings is 2. The Bertz CT molecular complexity index is 3060. The smallest absolute Gasteiger partial charge is 0.433 e. The van der Waals surface area contributed by atoms with Crippen LogP contribution >= 0.6 is 0 Å². The normalized spacial score (nSPS) is 15.2. The van der Waals surface area contributed by atoms with Gasteiger partial charge in [-0.1, -0.05) is 66.7 Å². The molecule has 4 aromatic carbocycles. The number of nitrogens with one attached hydrogen (secondary N) is 1. The Morgan fingerprint density at radius 3 is 1.44 bits per heavy atom. The van der Waals surface area contributed by atoms with E-state index in [9.17, 15) is 27.9 Å². The van der Waals surface area contributed by atoms with E-state index in [0.29, 0.717) is 139 Å². The van der Waals surface area contributed by atoms with Crippen molar-refractivity contribution >= 4 is 57.2 Å². The molecule has 73 heavy (non-hydrogen) atoms. The van der Waals surface area contributed by atoms with Crippen LogP contribution in [0.2, 0.25) is 0 Å². The molecule has 3 aromatic heterocycles. The van der Waals surface area contributed by atoms with Crippen molar-refractivity contribution in [3.63, 3.8) is 0 Å². The van der Waals surface area contributed by atoms with Gasteiger partial charge in [0.15, 0.2) is 23.0 Å². The summed E-state index contributed by atoms with van der Waals surface area (Å²) < 4.78 is 60.2. The van der Waals surface area contributed by atoms with Gasteiger partial charge in [0.25, 0.3) is 0 Å². The first kappa shape index (κ1) is 51.2. The standard InChI is InChI=1S/C30H31F3N6O3.C23H26N4O4/c1-41-23-14-21-22(15-24(23)42-2)37-28(38-26(21)34)39-12-10-29(11-13-39,16-19-6-4-3-5-7-19)27(40)36-18-20-8-9-25(35-17-20)30(31,32)33;1-30-18-12-16-17(13-19(18)31-2)25-22(26-20(16)24)27-10-8-23(9-11-27,21(28)29)14-15-6-4-3-5-7-15/h3-9,14-15,17H,10-13,16,18H2,1-2H3,(H,36,40)(H2,34,37,38);3-7,12-13H,8-11,14H2,1-2H3,(H,28,29)(H2,24,25,26). The van der Waals surface area contributed by atoms with Gasteiger partial charge in [-0.2, -0.15) is 23.1 Å². The van der Waals surface area contributed by atoms with Crippen LogP contribution in [-0.4, -0.2) is 96.5 Å². The molecule has 20 heteroatoms. The number of nitrogen functional groups attached to an aromatic ring is 2. The molecule has 2 aliphatic rings. The number of hydrogen-bond donors (Lipinski definition) is 4. The molecule has 2 fully saturated rings. The molecule has 7 aromatic rings. The highest BCUT2D eigenvalue weighted by atomic mass is 19.4. The molecule has 0 saturated carbocycles. The van der Waals surface area contributed by atoms with E-state index in [1.54, 1.807) is 52.7 Å². The summed E-state index contributed by atoms with van der Waals surface area (Å²) >= 11 is 0. The van der Waals surface area contributed by atoms with Gasteiger partial charge in [0.2, 0.25) is 17.8 Å². The Morgan fingerprint density at radius 1 is 0.616 bits per heavy atom. The molecule has 1 amide bonds. The van der Waals surface area contributed by atoms with E-state index >= 15 is 0 Å². The fraction of sp³-hybridized carbons (Fsp3) is 0.340. The molecule has 6 N–H and O–H groups in total. The molecule has 0 bridgehead atoms. The van der Waals surface area contributed by atoms with E-state index in [0.717, 1.165) is 23.4 Å². The maximum atomic E-state index is 13.7. The van der Waals surface area contributed by atoms with Gasteiger partial charge in [-0.25, -0.2) is 9.97 Å². The number of nitrogens with zero attached hydrogens (tertiary/aromatic N) is 7. The van der Waals surface area contributed by atoms with Gasteiger partial charge in [0.05, 0.1) is 50.3 Å². The Hall–Kier alpha value is -8.16.